The minimum absolute atomic E-state index is 0.123. The Kier molecular flexibility index (Phi) is 20.2. The molecule has 0 saturated carbocycles. The lowest BCUT2D eigenvalue weighted by Gasteiger charge is -2.34. The van der Waals surface area contributed by atoms with Crippen LogP contribution in [0.2, 0.25) is 10.0 Å². The molecule has 80 heavy (non-hydrogen) atoms. The standard InChI is InChI=1S/C66H62Cl2F6N2O4/c1-45(75(41-53-29-17-33-59(62(53)67)65(69,70)71)43-57(47-19-7-3-8-20-47)48-21-9-4-10-22-48)35-37-79-55-31-15-27-51(39-55)61(64(77)78)52-28-16-32-56(40-52)80-38-36-46(2)76(42-54-30-18-34-60(63(54)68)66(72,73)74)44-58(49-23-11-5-12-24-49)50-25-13-6-14-26-50/h3-34,39-40,45-46,57-58,61H,35-38,41-44H2,1-2H3,(H,77,78)/t45-,46-/m1/s1. The molecular weight excluding hydrogens is 1070 g/mol. The van der Waals surface area contributed by atoms with Crippen molar-refractivity contribution in [1.82, 2.24) is 9.80 Å². The second-order valence-electron chi connectivity index (χ2n) is 20.0. The minimum Gasteiger partial charge on any atom is -0.494 e. The molecule has 0 bridgehead atoms. The van der Waals surface area contributed by atoms with Crippen molar-refractivity contribution < 1.29 is 45.7 Å². The van der Waals surface area contributed by atoms with Crippen LogP contribution in [0.4, 0.5) is 26.3 Å². The highest BCUT2D eigenvalue weighted by Crippen LogP contribution is 2.40. The molecule has 8 aromatic rings. The molecule has 0 unspecified atom stereocenters. The molecule has 8 aromatic carbocycles. The van der Waals surface area contributed by atoms with Gasteiger partial charge in [-0.3, -0.25) is 14.6 Å². The molecular formula is C66H62Cl2F6N2O4. The van der Waals surface area contributed by atoms with Gasteiger partial charge in [0.2, 0.25) is 0 Å². The third-order valence-electron chi connectivity index (χ3n) is 14.6. The summed E-state index contributed by atoms with van der Waals surface area (Å²) in [5.74, 6) is -1.55. The Morgan fingerprint density at radius 2 is 0.775 bits per heavy atom. The molecule has 0 heterocycles. The summed E-state index contributed by atoms with van der Waals surface area (Å²) in [6.07, 6.45) is -8.32. The molecule has 0 radical (unpaired) electrons. The van der Waals surface area contributed by atoms with Crippen LogP contribution >= 0.6 is 23.2 Å². The van der Waals surface area contributed by atoms with Gasteiger partial charge in [0.05, 0.1) is 34.4 Å². The van der Waals surface area contributed by atoms with Gasteiger partial charge in [-0.2, -0.15) is 26.3 Å². The second-order valence-corrected chi connectivity index (χ2v) is 20.8. The quantitative estimate of drug-likeness (QED) is 0.0576. The van der Waals surface area contributed by atoms with Gasteiger partial charge in [0, 0.05) is 50.1 Å². The van der Waals surface area contributed by atoms with Crippen LogP contribution in [0, 0.1) is 0 Å². The summed E-state index contributed by atoms with van der Waals surface area (Å²) >= 11 is 13.0. The third-order valence-corrected chi connectivity index (χ3v) is 15.5. The van der Waals surface area contributed by atoms with Crippen molar-refractivity contribution in [3.05, 3.63) is 272 Å². The topological polar surface area (TPSA) is 62.2 Å². The van der Waals surface area contributed by atoms with Gasteiger partial charge in [-0.05, 0) is 108 Å². The van der Waals surface area contributed by atoms with Gasteiger partial charge in [-0.1, -0.05) is 193 Å². The number of carbonyl (C=O) groups is 1. The Bertz CT molecular complexity index is 2950. The van der Waals surface area contributed by atoms with Crippen molar-refractivity contribution in [2.45, 2.75) is 82.0 Å². The zero-order valence-corrected chi connectivity index (χ0v) is 45.8. The van der Waals surface area contributed by atoms with Crippen LogP contribution in [-0.2, 0) is 30.2 Å². The lowest BCUT2D eigenvalue weighted by atomic mass is 9.90. The number of nitrogens with zero attached hydrogens (tertiary/aromatic N) is 2. The van der Waals surface area contributed by atoms with Crippen LogP contribution in [0.1, 0.15) is 100 Å². The van der Waals surface area contributed by atoms with E-state index in [-0.39, 0.29) is 60.3 Å². The molecule has 0 spiro atoms. The van der Waals surface area contributed by atoms with E-state index in [2.05, 4.69) is 9.80 Å². The number of aliphatic carboxylic acids is 1. The molecule has 8 rings (SSSR count). The van der Waals surface area contributed by atoms with Gasteiger partial charge >= 0.3 is 18.3 Å². The first-order valence-corrected chi connectivity index (χ1v) is 27.3. The first-order valence-electron chi connectivity index (χ1n) is 26.5. The second kappa shape index (κ2) is 27.4. The van der Waals surface area contributed by atoms with Crippen molar-refractivity contribution in [3.63, 3.8) is 0 Å². The number of alkyl halides is 6. The first-order chi connectivity index (χ1) is 38.4. The predicted molar refractivity (Wildman–Crippen MR) is 305 cm³/mol. The van der Waals surface area contributed by atoms with E-state index < -0.39 is 35.4 Å². The number of ether oxygens (including phenoxy) is 2. The number of carboxylic acids is 1. The summed E-state index contributed by atoms with van der Waals surface area (Å²) in [5, 5.41) is 10.1. The largest absolute Gasteiger partial charge is 0.494 e. The molecule has 0 aromatic heterocycles. The van der Waals surface area contributed by atoms with Crippen LogP contribution in [-0.4, -0.2) is 59.3 Å². The highest BCUT2D eigenvalue weighted by Gasteiger charge is 2.36. The zero-order chi connectivity index (χ0) is 56.8. The minimum atomic E-state index is -4.63. The summed E-state index contributed by atoms with van der Waals surface area (Å²) < 4.78 is 97.0. The highest BCUT2D eigenvalue weighted by molar-refractivity contribution is 6.32. The Morgan fingerprint density at radius 1 is 0.463 bits per heavy atom. The highest BCUT2D eigenvalue weighted by atomic mass is 35.5. The molecule has 2 atom stereocenters. The smallest absolute Gasteiger partial charge is 0.417 e. The fourth-order valence-corrected chi connectivity index (χ4v) is 10.8. The Hall–Kier alpha value is -7.09. The lowest BCUT2D eigenvalue weighted by molar-refractivity contribution is -0.138. The summed E-state index contributed by atoms with van der Waals surface area (Å²) in [6.45, 7) is 5.62. The van der Waals surface area contributed by atoms with E-state index in [9.17, 15) is 36.2 Å². The van der Waals surface area contributed by atoms with Crippen LogP contribution in [0.3, 0.4) is 0 Å². The van der Waals surface area contributed by atoms with Crippen molar-refractivity contribution >= 4 is 29.2 Å². The molecule has 6 nitrogen and oxygen atoms in total. The zero-order valence-electron chi connectivity index (χ0n) is 44.3. The average molecular weight is 1130 g/mol. The number of hydrogen-bond donors (Lipinski definition) is 1. The number of rotatable bonds is 25. The van der Waals surface area contributed by atoms with Crippen molar-refractivity contribution in [1.29, 1.82) is 0 Å². The lowest BCUT2D eigenvalue weighted by Crippen LogP contribution is -2.37. The van der Waals surface area contributed by atoms with E-state index in [1.165, 1.54) is 12.1 Å². The first kappa shape index (κ1) is 59.0. The number of hydrogen-bond acceptors (Lipinski definition) is 5. The van der Waals surface area contributed by atoms with Crippen molar-refractivity contribution in [3.8, 4) is 11.5 Å². The average Bonchev–Trinajstić information content (AvgIpc) is 3.45. The summed E-state index contributed by atoms with van der Waals surface area (Å²) in [7, 11) is 0. The molecule has 14 heteroatoms. The fourth-order valence-electron chi connectivity index (χ4n) is 10.2. The molecule has 0 fully saturated rings. The van der Waals surface area contributed by atoms with Gasteiger partial charge < -0.3 is 14.6 Å². The van der Waals surface area contributed by atoms with E-state index in [0.717, 1.165) is 34.4 Å². The molecule has 0 aliphatic rings. The normalized spacial score (nSPS) is 12.8. The third kappa shape index (κ3) is 15.6. The Balaban J connectivity index is 0.961. The van der Waals surface area contributed by atoms with E-state index in [0.29, 0.717) is 59.7 Å². The summed E-state index contributed by atoms with van der Waals surface area (Å²) in [4.78, 5) is 17.4. The maximum Gasteiger partial charge on any atom is 0.417 e. The van der Waals surface area contributed by atoms with E-state index >= 15 is 0 Å². The number of benzene rings is 8. The van der Waals surface area contributed by atoms with E-state index in [1.807, 2.05) is 135 Å². The van der Waals surface area contributed by atoms with Gasteiger partial charge in [0.25, 0.3) is 0 Å². The maximum absolute atomic E-state index is 14.1. The van der Waals surface area contributed by atoms with Gasteiger partial charge in [-0.25, -0.2) is 0 Å². The van der Waals surface area contributed by atoms with Crippen LogP contribution in [0.15, 0.2) is 206 Å². The van der Waals surface area contributed by atoms with Crippen molar-refractivity contribution in [2.75, 3.05) is 26.3 Å². The summed E-state index contributed by atoms with van der Waals surface area (Å²) in [6, 6.07) is 61.2. The van der Waals surface area contributed by atoms with Crippen LogP contribution in [0.5, 0.6) is 11.5 Å². The summed E-state index contributed by atoms with van der Waals surface area (Å²) in [5.41, 5.74) is 4.06. The Labute approximate surface area is 474 Å². The van der Waals surface area contributed by atoms with Crippen LogP contribution in [0.25, 0.3) is 0 Å². The molecule has 0 aliphatic heterocycles. The van der Waals surface area contributed by atoms with Gasteiger partial charge in [-0.15, -0.1) is 0 Å². The van der Waals surface area contributed by atoms with Gasteiger partial charge in [0.1, 0.15) is 17.4 Å². The number of carboxylic acid groups (broad SMARTS) is 1. The number of halogens is 8. The Morgan fingerprint density at radius 3 is 1.09 bits per heavy atom. The monoisotopic (exact) mass is 1130 g/mol. The predicted octanol–water partition coefficient (Wildman–Crippen LogP) is 17.2. The molecule has 0 amide bonds. The molecule has 0 saturated heterocycles. The maximum atomic E-state index is 14.1. The van der Waals surface area contributed by atoms with E-state index in [4.69, 9.17) is 32.7 Å². The molecule has 0 aliphatic carbocycles. The fraction of sp³-hybridized carbons (Fsp3) is 0.258. The van der Waals surface area contributed by atoms with E-state index in [1.54, 1.807) is 60.7 Å². The molecule has 416 valence electrons. The van der Waals surface area contributed by atoms with Crippen molar-refractivity contribution in [2.24, 2.45) is 0 Å². The van der Waals surface area contributed by atoms with Gasteiger partial charge in [0.15, 0.2) is 0 Å². The SMILES string of the molecule is C[C@H](CCOc1cccc(C(C(=O)O)c2cccc(OCC[C@@H](C)N(Cc3cccc(C(F)(F)F)c3Cl)CC(c3ccccc3)c3ccccc3)c2)c1)N(Cc1cccc(C(F)(F)F)c1Cl)CC(c1ccccc1)c1ccccc1. The molecule has 1 N–H and O–H groups in total. The van der Waals surface area contributed by atoms with Crippen LogP contribution < -0.4 is 9.47 Å².